The number of rotatable bonds is 13. The highest BCUT2D eigenvalue weighted by Gasteiger charge is 2.09. The number of ether oxygens (including phenoxy) is 3. The van der Waals surface area contributed by atoms with Crippen molar-refractivity contribution in [1.29, 1.82) is 0 Å². The number of benzene rings is 4. The van der Waals surface area contributed by atoms with E-state index in [0.29, 0.717) is 24.9 Å². The highest BCUT2D eigenvalue weighted by atomic mass is 32.1. The second-order valence-electron chi connectivity index (χ2n) is 8.82. The minimum atomic E-state index is 0.477. The summed E-state index contributed by atoms with van der Waals surface area (Å²) in [5, 5.41) is 7.22. The number of thiocarbonyl (C=S) groups is 1. The van der Waals surface area contributed by atoms with Crippen LogP contribution in [-0.4, -0.2) is 25.3 Å². The van der Waals surface area contributed by atoms with E-state index in [0.717, 1.165) is 58.9 Å². The lowest BCUT2D eigenvalue weighted by Crippen LogP contribution is -2.37. The molecule has 0 fully saturated rings. The first-order valence-electron chi connectivity index (χ1n) is 12.8. The van der Waals surface area contributed by atoms with Crippen molar-refractivity contribution >= 4 is 17.3 Å². The number of hydrogen-bond donors (Lipinski definition) is 2. The Balaban J connectivity index is 1.30. The molecule has 4 rings (SSSR count). The van der Waals surface area contributed by atoms with Crippen LogP contribution < -0.4 is 24.8 Å². The molecule has 0 unspecified atom stereocenters. The van der Waals surface area contributed by atoms with Crippen molar-refractivity contribution in [2.24, 2.45) is 0 Å². The molecule has 0 amide bonds. The SMILES string of the molecule is COc1ccccc1CCNC(=S)NCCc1ccc(OCc2ccccc2)c(OCc2ccccc2)c1. The average molecular weight is 527 g/mol. The Morgan fingerprint density at radius 2 is 1.18 bits per heavy atom. The van der Waals surface area contributed by atoms with Crippen LogP contribution in [0.4, 0.5) is 0 Å². The van der Waals surface area contributed by atoms with Crippen molar-refractivity contribution in [3.05, 3.63) is 125 Å². The van der Waals surface area contributed by atoms with Crippen LogP contribution in [0.3, 0.4) is 0 Å². The summed E-state index contributed by atoms with van der Waals surface area (Å²) in [5.41, 5.74) is 4.52. The highest BCUT2D eigenvalue weighted by Crippen LogP contribution is 2.30. The van der Waals surface area contributed by atoms with Crippen molar-refractivity contribution < 1.29 is 14.2 Å². The Labute approximate surface area is 230 Å². The molecule has 2 N–H and O–H groups in total. The van der Waals surface area contributed by atoms with Gasteiger partial charge in [0.2, 0.25) is 0 Å². The molecule has 5 nitrogen and oxygen atoms in total. The summed E-state index contributed by atoms with van der Waals surface area (Å²) in [5.74, 6) is 2.37. The van der Waals surface area contributed by atoms with E-state index in [1.54, 1.807) is 7.11 Å². The van der Waals surface area contributed by atoms with Crippen molar-refractivity contribution in [3.63, 3.8) is 0 Å². The summed E-state index contributed by atoms with van der Waals surface area (Å²) in [6, 6.07) is 34.4. The first-order valence-corrected chi connectivity index (χ1v) is 13.2. The van der Waals surface area contributed by atoms with Gasteiger partial charge in [0.25, 0.3) is 0 Å². The third kappa shape index (κ3) is 8.53. The maximum absolute atomic E-state index is 6.20. The van der Waals surface area contributed by atoms with Crippen molar-refractivity contribution in [3.8, 4) is 17.2 Å². The van der Waals surface area contributed by atoms with Gasteiger partial charge in [0.05, 0.1) is 7.11 Å². The molecule has 0 bridgehead atoms. The van der Waals surface area contributed by atoms with Crippen molar-refractivity contribution in [2.75, 3.05) is 20.2 Å². The summed E-state index contributed by atoms with van der Waals surface area (Å²) < 4.78 is 17.7. The molecule has 0 atom stereocenters. The van der Waals surface area contributed by atoms with E-state index in [4.69, 9.17) is 26.4 Å². The van der Waals surface area contributed by atoms with Crippen LogP contribution in [0.15, 0.2) is 103 Å². The normalized spacial score (nSPS) is 10.4. The standard InChI is InChI=1S/C32H34N2O3S/c1-35-29-15-9-8-14-28(29)19-21-34-32(38)33-20-18-25-16-17-30(36-23-26-10-4-2-5-11-26)31(22-25)37-24-27-12-6-3-7-13-27/h2-17,22H,18-21,23-24H2,1H3,(H2,33,34,38). The second-order valence-corrected chi connectivity index (χ2v) is 9.23. The summed E-state index contributed by atoms with van der Waals surface area (Å²) in [7, 11) is 1.69. The van der Waals surface area contributed by atoms with Gasteiger partial charge in [0, 0.05) is 13.1 Å². The molecule has 0 aromatic heterocycles. The minimum Gasteiger partial charge on any atom is -0.496 e. The summed E-state index contributed by atoms with van der Waals surface area (Å²) in [6.07, 6.45) is 1.63. The highest BCUT2D eigenvalue weighted by molar-refractivity contribution is 7.80. The summed E-state index contributed by atoms with van der Waals surface area (Å²) >= 11 is 5.47. The van der Waals surface area contributed by atoms with Crippen LogP contribution in [0.25, 0.3) is 0 Å². The van der Waals surface area contributed by atoms with Gasteiger partial charge in [-0.3, -0.25) is 0 Å². The van der Waals surface area contributed by atoms with Crippen LogP contribution in [0, 0.1) is 0 Å². The quantitative estimate of drug-likeness (QED) is 0.205. The van der Waals surface area contributed by atoms with Gasteiger partial charge in [-0.25, -0.2) is 0 Å². The van der Waals surface area contributed by atoms with E-state index in [9.17, 15) is 0 Å². The molecule has 6 heteroatoms. The van der Waals surface area contributed by atoms with E-state index in [1.165, 1.54) is 0 Å². The first kappa shape index (κ1) is 27.0. The zero-order valence-corrected chi connectivity index (χ0v) is 22.5. The molecule has 0 aliphatic heterocycles. The van der Waals surface area contributed by atoms with Gasteiger partial charge in [-0.05, 0) is 65.5 Å². The Hall–Kier alpha value is -4.03. The van der Waals surface area contributed by atoms with Crippen LogP contribution in [0.2, 0.25) is 0 Å². The van der Waals surface area contributed by atoms with E-state index >= 15 is 0 Å². The number of nitrogens with one attached hydrogen (secondary N) is 2. The molecule has 0 heterocycles. The van der Waals surface area contributed by atoms with Crippen LogP contribution >= 0.6 is 12.2 Å². The predicted molar refractivity (Wildman–Crippen MR) is 157 cm³/mol. The van der Waals surface area contributed by atoms with E-state index in [-0.39, 0.29) is 0 Å². The maximum Gasteiger partial charge on any atom is 0.166 e. The first-order chi connectivity index (χ1) is 18.7. The third-order valence-electron chi connectivity index (χ3n) is 6.05. The second kappa shape index (κ2) is 14.6. The largest absolute Gasteiger partial charge is 0.496 e. The average Bonchev–Trinajstić information content (AvgIpc) is 2.97. The van der Waals surface area contributed by atoms with Gasteiger partial charge < -0.3 is 24.8 Å². The molecular formula is C32H34N2O3S. The smallest absolute Gasteiger partial charge is 0.166 e. The Morgan fingerprint density at radius 1 is 0.605 bits per heavy atom. The molecule has 0 aliphatic rings. The van der Waals surface area contributed by atoms with E-state index in [2.05, 4.69) is 53.1 Å². The lowest BCUT2D eigenvalue weighted by atomic mass is 10.1. The van der Waals surface area contributed by atoms with Gasteiger partial charge in [-0.2, -0.15) is 0 Å². The Bertz CT molecular complexity index is 1280. The van der Waals surface area contributed by atoms with Gasteiger partial charge in [0.15, 0.2) is 16.6 Å². The minimum absolute atomic E-state index is 0.477. The monoisotopic (exact) mass is 526 g/mol. The van der Waals surface area contributed by atoms with E-state index < -0.39 is 0 Å². The van der Waals surface area contributed by atoms with Gasteiger partial charge >= 0.3 is 0 Å². The van der Waals surface area contributed by atoms with Gasteiger partial charge in [-0.15, -0.1) is 0 Å². The fourth-order valence-electron chi connectivity index (χ4n) is 4.01. The van der Waals surface area contributed by atoms with E-state index in [1.807, 2.05) is 60.7 Å². The zero-order valence-electron chi connectivity index (χ0n) is 21.7. The lowest BCUT2D eigenvalue weighted by molar-refractivity contribution is 0.255. The Morgan fingerprint density at radius 3 is 1.84 bits per heavy atom. The predicted octanol–water partition coefficient (Wildman–Crippen LogP) is 6.10. The maximum atomic E-state index is 6.20. The number of para-hydroxylation sites is 1. The molecule has 0 saturated heterocycles. The molecule has 196 valence electrons. The molecular weight excluding hydrogens is 492 g/mol. The number of hydrogen-bond acceptors (Lipinski definition) is 4. The molecule has 0 radical (unpaired) electrons. The van der Waals surface area contributed by atoms with Gasteiger partial charge in [-0.1, -0.05) is 84.9 Å². The van der Waals surface area contributed by atoms with Crippen molar-refractivity contribution in [1.82, 2.24) is 10.6 Å². The fraction of sp³-hybridized carbons (Fsp3) is 0.219. The third-order valence-corrected chi connectivity index (χ3v) is 6.34. The molecule has 0 spiro atoms. The Kier molecular flexibility index (Phi) is 10.4. The topological polar surface area (TPSA) is 51.8 Å². The number of methoxy groups -OCH3 is 1. The zero-order chi connectivity index (χ0) is 26.4. The van der Waals surface area contributed by atoms with Crippen LogP contribution in [0.5, 0.6) is 17.2 Å². The summed E-state index contributed by atoms with van der Waals surface area (Å²) in [6.45, 7) is 2.41. The van der Waals surface area contributed by atoms with Crippen LogP contribution in [-0.2, 0) is 26.1 Å². The molecule has 38 heavy (non-hydrogen) atoms. The fourth-order valence-corrected chi connectivity index (χ4v) is 4.22. The molecule has 4 aromatic carbocycles. The molecule has 0 saturated carbocycles. The van der Waals surface area contributed by atoms with Crippen molar-refractivity contribution in [2.45, 2.75) is 26.1 Å². The molecule has 4 aromatic rings. The van der Waals surface area contributed by atoms with Gasteiger partial charge in [0.1, 0.15) is 19.0 Å². The summed E-state index contributed by atoms with van der Waals surface area (Å²) in [4.78, 5) is 0. The molecule has 0 aliphatic carbocycles. The van der Waals surface area contributed by atoms with Crippen LogP contribution in [0.1, 0.15) is 22.3 Å². The lowest BCUT2D eigenvalue weighted by Gasteiger charge is -2.15.